The summed E-state index contributed by atoms with van der Waals surface area (Å²) in [6.45, 7) is 8.41. The lowest BCUT2D eigenvalue weighted by Crippen LogP contribution is -2.15. The molecule has 0 aliphatic rings. The normalized spacial score (nSPS) is 11.2. The summed E-state index contributed by atoms with van der Waals surface area (Å²) in [5, 5.41) is 15.4. The fourth-order valence-electron chi connectivity index (χ4n) is 3.00. The molecular formula is C24H29N3O. The number of carbonyl (C=O) groups excluding carboxylic acids is 1. The molecule has 0 heterocycles. The number of anilines is 2. The summed E-state index contributed by atoms with van der Waals surface area (Å²) in [5.74, 6) is -0.0858. The number of nitriles is 1. The van der Waals surface area contributed by atoms with Crippen LogP contribution < -0.4 is 10.6 Å². The van der Waals surface area contributed by atoms with Gasteiger partial charge in [-0.15, -0.1) is 0 Å². The van der Waals surface area contributed by atoms with Gasteiger partial charge in [0, 0.05) is 17.6 Å². The minimum atomic E-state index is -0.420. The summed E-state index contributed by atoms with van der Waals surface area (Å²) in [6.07, 6.45) is 4.82. The zero-order chi connectivity index (χ0) is 20.5. The first-order valence-electron chi connectivity index (χ1n) is 9.82. The van der Waals surface area contributed by atoms with Gasteiger partial charge in [-0.05, 0) is 54.5 Å². The van der Waals surface area contributed by atoms with E-state index in [4.69, 9.17) is 0 Å². The topological polar surface area (TPSA) is 64.9 Å². The molecule has 0 saturated carbocycles. The lowest BCUT2D eigenvalue weighted by molar-refractivity contribution is -0.112. The van der Waals surface area contributed by atoms with Gasteiger partial charge < -0.3 is 10.6 Å². The molecule has 28 heavy (non-hydrogen) atoms. The van der Waals surface area contributed by atoms with Crippen molar-refractivity contribution in [3.8, 4) is 6.07 Å². The van der Waals surface area contributed by atoms with Crippen molar-refractivity contribution in [2.45, 2.75) is 52.9 Å². The van der Waals surface area contributed by atoms with Gasteiger partial charge in [-0.1, -0.05) is 57.5 Å². The van der Waals surface area contributed by atoms with Crippen LogP contribution in [0.5, 0.6) is 0 Å². The summed E-state index contributed by atoms with van der Waals surface area (Å²) in [4.78, 5) is 12.5. The standard InChI is InChI=1S/C24H29N3O/c1-5-6-9-19-11-13-21(14-12-19)27-24(28)20(15-25)16-26-23-18(4)8-7-10-22(23)17(2)3/h7-8,10-14,16-17,26H,5-6,9H2,1-4H3,(H,27,28)/b20-16-. The van der Waals surface area contributed by atoms with Crippen LogP contribution in [0.15, 0.2) is 54.2 Å². The van der Waals surface area contributed by atoms with Gasteiger partial charge in [0.25, 0.3) is 5.91 Å². The number of amides is 1. The van der Waals surface area contributed by atoms with Crippen molar-refractivity contribution in [2.75, 3.05) is 10.6 Å². The quantitative estimate of drug-likeness (QED) is 0.445. The van der Waals surface area contributed by atoms with Crippen LogP contribution in [0.3, 0.4) is 0 Å². The van der Waals surface area contributed by atoms with E-state index < -0.39 is 5.91 Å². The van der Waals surface area contributed by atoms with Crippen LogP contribution in [0.1, 0.15) is 56.2 Å². The number of unbranched alkanes of at least 4 members (excludes halogenated alkanes) is 1. The number of hydrogen-bond acceptors (Lipinski definition) is 3. The fraction of sp³-hybridized carbons (Fsp3) is 0.333. The Labute approximate surface area is 168 Å². The zero-order valence-corrected chi connectivity index (χ0v) is 17.2. The van der Waals surface area contributed by atoms with Gasteiger partial charge in [-0.25, -0.2) is 0 Å². The van der Waals surface area contributed by atoms with E-state index in [1.54, 1.807) is 0 Å². The minimum absolute atomic E-state index is 0.0352. The molecule has 0 fully saturated rings. The van der Waals surface area contributed by atoms with Gasteiger partial charge in [0.1, 0.15) is 11.6 Å². The minimum Gasteiger partial charge on any atom is -0.360 e. The van der Waals surface area contributed by atoms with Crippen LogP contribution in [0, 0.1) is 18.3 Å². The maximum atomic E-state index is 12.5. The van der Waals surface area contributed by atoms with Gasteiger partial charge in [-0.2, -0.15) is 5.26 Å². The van der Waals surface area contributed by atoms with Crippen molar-refractivity contribution in [3.05, 3.63) is 70.9 Å². The highest BCUT2D eigenvalue weighted by atomic mass is 16.1. The third-order valence-electron chi connectivity index (χ3n) is 4.68. The van der Waals surface area contributed by atoms with Crippen molar-refractivity contribution in [1.29, 1.82) is 5.26 Å². The lowest BCUT2D eigenvalue weighted by Gasteiger charge is -2.15. The van der Waals surface area contributed by atoms with E-state index in [1.165, 1.54) is 11.8 Å². The molecule has 0 saturated heterocycles. The summed E-state index contributed by atoms with van der Waals surface area (Å²) in [6, 6.07) is 15.9. The predicted molar refractivity (Wildman–Crippen MR) is 116 cm³/mol. The molecule has 2 aromatic rings. The average Bonchev–Trinajstić information content (AvgIpc) is 2.68. The van der Waals surface area contributed by atoms with E-state index in [9.17, 15) is 10.1 Å². The van der Waals surface area contributed by atoms with Crippen LogP contribution in [0.2, 0.25) is 0 Å². The van der Waals surface area contributed by atoms with E-state index in [-0.39, 0.29) is 5.57 Å². The monoisotopic (exact) mass is 375 g/mol. The van der Waals surface area contributed by atoms with Crippen molar-refractivity contribution in [2.24, 2.45) is 0 Å². The molecule has 0 radical (unpaired) electrons. The average molecular weight is 376 g/mol. The Bertz CT molecular complexity index is 874. The van der Waals surface area contributed by atoms with E-state index in [1.807, 2.05) is 49.4 Å². The Hall–Kier alpha value is -3.06. The van der Waals surface area contributed by atoms with Crippen molar-refractivity contribution < 1.29 is 4.79 Å². The highest BCUT2D eigenvalue weighted by Crippen LogP contribution is 2.27. The molecular weight excluding hydrogens is 346 g/mol. The molecule has 4 heteroatoms. The molecule has 4 nitrogen and oxygen atoms in total. The number of aryl methyl sites for hydroxylation is 2. The maximum Gasteiger partial charge on any atom is 0.267 e. The number of nitrogens with zero attached hydrogens (tertiary/aromatic N) is 1. The molecule has 0 atom stereocenters. The number of carbonyl (C=O) groups is 1. The SMILES string of the molecule is CCCCc1ccc(NC(=O)/C(C#N)=C\Nc2c(C)cccc2C(C)C)cc1. The molecule has 0 aliphatic heterocycles. The van der Waals surface area contributed by atoms with Gasteiger partial charge in [-0.3, -0.25) is 4.79 Å². The number of benzene rings is 2. The first kappa shape index (κ1) is 21.2. The molecule has 0 spiro atoms. The summed E-state index contributed by atoms with van der Waals surface area (Å²) < 4.78 is 0. The summed E-state index contributed by atoms with van der Waals surface area (Å²) >= 11 is 0. The molecule has 2 N–H and O–H groups in total. The summed E-state index contributed by atoms with van der Waals surface area (Å²) in [7, 11) is 0. The van der Waals surface area contributed by atoms with Gasteiger partial charge >= 0.3 is 0 Å². The van der Waals surface area contributed by atoms with Crippen LogP contribution in [-0.4, -0.2) is 5.91 Å². The second-order valence-corrected chi connectivity index (χ2v) is 7.26. The molecule has 0 aliphatic carbocycles. The van der Waals surface area contributed by atoms with Crippen LogP contribution in [-0.2, 0) is 11.2 Å². The first-order chi connectivity index (χ1) is 13.5. The van der Waals surface area contributed by atoms with Crippen molar-refractivity contribution in [3.63, 3.8) is 0 Å². The highest BCUT2D eigenvalue weighted by Gasteiger charge is 2.12. The van der Waals surface area contributed by atoms with Gasteiger partial charge in [0.2, 0.25) is 0 Å². The first-order valence-corrected chi connectivity index (χ1v) is 9.82. The number of hydrogen-bond donors (Lipinski definition) is 2. The van der Waals surface area contributed by atoms with Crippen LogP contribution >= 0.6 is 0 Å². The Balaban J connectivity index is 2.11. The second-order valence-electron chi connectivity index (χ2n) is 7.26. The molecule has 0 unspecified atom stereocenters. The zero-order valence-electron chi connectivity index (χ0n) is 17.2. The van der Waals surface area contributed by atoms with E-state index in [2.05, 4.69) is 37.5 Å². The van der Waals surface area contributed by atoms with Gasteiger partial charge in [0.05, 0.1) is 0 Å². The number of rotatable bonds is 8. The molecule has 0 bridgehead atoms. The van der Waals surface area contributed by atoms with E-state index in [0.29, 0.717) is 11.6 Å². The molecule has 0 aromatic heterocycles. The maximum absolute atomic E-state index is 12.5. The Morgan fingerprint density at radius 1 is 1.18 bits per heavy atom. The molecule has 2 rings (SSSR count). The third kappa shape index (κ3) is 5.72. The van der Waals surface area contributed by atoms with Gasteiger partial charge in [0.15, 0.2) is 0 Å². The molecule has 1 amide bonds. The van der Waals surface area contributed by atoms with Crippen molar-refractivity contribution >= 4 is 17.3 Å². The predicted octanol–water partition coefficient (Wildman–Crippen LogP) is 5.92. The smallest absolute Gasteiger partial charge is 0.267 e. The Morgan fingerprint density at radius 2 is 1.89 bits per heavy atom. The number of nitrogens with one attached hydrogen (secondary N) is 2. The van der Waals surface area contributed by atoms with E-state index in [0.717, 1.165) is 36.1 Å². The largest absolute Gasteiger partial charge is 0.360 e. The Morgan fingerprint density at radius 3 is 2.50 bits per heavy atom. The molecule has 146 valence electrons. The highest BCUT2D eigenvalue weighted by molar-refractivity contribution is 6.06. The molecule has 2 aromatic carbocycles. The van der Waals surface area contributed by atoms with E-state index >= 15 is 0 Å². The Kier molecular flexibility index (Phi) is 7.83. The summed E-state index contributed by atoms with van der Waals surface area (Å²) in [5.41, 5.74) is 5.13. The second kappa shape index (κ2) is 10.3. The van der Waals surface area contributed by atoms with Crippen LogP contribution in [0.25, 0.3) is 0 Å². The van der Waals surface area contributed by atoms with Crippen molar-refractivity contribution in [1.82, 2.24) is 0 Å². The third-order valence-corrected chi connectivity index (χ3v) is 4.68. The number of para-hydroxylation sites is 1. The fourth-order valence-corrected chi connectivity index (χ4v) is 3.00. The lowest BCUT2D eigenvalue weighted by atomic mass is 9.98. The van der Waals surface area contributed by atoms with Crippen LogP contribution in [0.4, 0.5) is 11.4 Å².